The maximum Gasteiger partial charge on any atom is 0.294 e. The molecule has 0 N–H and O–H groups in total. The number of carbonyl (C=O) groups excluding carboxylic acids is 3. The van der Waals surface area contributed by atoms with Crippen molar-refractivity contribution in [3.05, 3.63) is 66.5 Å². The zero-order valence-corrected chi connectivity index (χ0v) is 22.0. The molecule has 7 nitrogen and oxygen atoms in total. The average Bonchev–Trinajstić information content (AvgIpc) is 3.07. The minimum atomic E-state index is -0.457. The molecule has 2 fully saturated rings. The highest BCUT2D eigenvalue weighted by molar-refractivity contribution is 14.1. The Morgan fingerprint density at radius 3 is 2.58 bits per heavy atom. The van der Waals surface area contributed by atoms with Crippen molar-refractivity contribution in [2.24, 2.45) is 0 Å². The molecule has 2 heterocycles. The van der Waals surface area contributed by atoms with Crippen molar-refractivity contribution in [2.45, 2.75) is 6.61 Å². The summed E-state index contributed by atoms with van der Waals surface area (Å²) >= 11 is 6.61. The molecule has 33 heavy (non-hydrogen) atoms. The summed E-state index contributed by atoms with van der Waals surface area (Å²) in [5.41, 5.74) is 1.81. The fraction of sp³-hybridized carbons (Fsp3) is 0.261. The lowest BCUT2D eigenvalue weighted by Gasteiger charge is -2.28. The van der Waals surface area contributed by atoms with Crippen LogP contribution in [0, 0.1) is 3.57 Å². The lowest BCUT2D eigenvalue weighted by Crippen LogP contribution is -2.46. The van der Waals surface area contributed by atoms with Gasteiger partial charge >= 0.3 is 0 Å². The van der Waals surface area contributed by atoms with E-state index in [9.17, 15) is 14.4 Å². The highest BCUT2D eigenvalue weighted by Gasteiger charge is 2.37. The van der Waals surface area contributed by atoms with Crippen molar-refractivity contribution >= 4 is 73.4 Å². The Bertz CT molecular complexity index is 1100. The van der Waals surface area contributed by atoms with Gasteiger partial charge in [0.25, 0.3) is 11.1 Å². The predicted octanol–water partition coefficient (Wildman–Crippen LogP) is 4.53. The van der Waals surface area contributed by atoms with Gasteiger partial charge in [-0.25, -0.2) is 0 Å². The van der Waals surface area contributed by atoms with E-state index in [-0.39, 0.29) is 17.4 Å². The molecule has 0 aliphatic carbocycles. The van der Waals surface area contributed by atoms with E-state index in [4.69, 9.17) is 9.47 Å². The molecule has 0 radical (unpaired) electrons. The van der Waals surface area contributed by atoms with Crippen molar-refractivity contribution < 1.29 is 23.9 Å². The highest BCUT2D eigenvalue weighted by Crippen LogP contribution is 2.34. The second-order valence-corrected chi connectivity index (χ2v) is 10.5. The van der Waals surface area contributed by atoms with Gasteiger partial charge in [0.15, 0.2) is 0 Å². The minimum Gasteiger partial charge on any atom is -0.488 e. The largest absolute Gasteiger partial charge is 0.488 e. The van der Waals surface area contributed by atoms with Crippen molar-refractivity contribution in [1.82, 2.24) is 9.80 Å². The molecule has 2 aliphatic heterocycles. The number of imide groups is 1. The minimum absolute atomic E-state index is 0.251. The van der Waals surface area contributed by atoms with E-state index in [2.05, 4.69) is 38.5 Å². The summed E-state index contributed by atoms with van der Waals surface area (Å²) in [7, 11) is 0. The highest BCUT2D eigenvalue weighted by atomic mass is 127. The molecule has 0 spiro atoms. The molecule has 4 rings (SSSR count). The molecule has 2 aromatic carbocycles. The summed E-state index contributed by atoms with van der Waals surface area (Å²) in [5.74, 6) is -0.0316. The van der Waals surface area contributed by atoms with E-state index in [1.54, 1.807) is 11.0 Å². The van der Waals surface area contributed by atoms with Crippen molar-refractivity contribution in [1.29, 1.82) is 0 Å². The SMILES string of the molecule is O=C(CN1C(=O)S/C(=C/c2ccc(OCc3ccc(I)cc3)c(Br)c2)C1=O)N1CCOCC1. The Morgan fingerprint density at radius 2 is 1.88 bits per heavy atom. The first-order valence-electron chi connectivity index (χ1n) is 10.2. The van der Waals surface area contributed by atoms with Crippen LogP contribution in [0.4, 0.5) is 4.79 Å². The number of amides is 3. The number of nitrogens with zero attached hydrogens (tertiary/aromatic N) is 2. The number of benzene rings is 2. The number of morpholine rings is 1. The molecular weight excluding hydrogens is 623 g/mol. The molecule has 2 aromatic rings. The van der Waals surface area contributed by atoms with Crippen LogP contribution in [0.3, 0.4) is 0 Å². The first-order valence-corrected chi connectivity index (χ1v) is 12.9. The third kappa shape index (κ3) is 6.17. The zero-order chi connectivity index (χ0) is 23.4. The first kappa shape index (κ1) is 24.2. The number of rotatable bonds is 6. The molecule has 0 aromatic heterocycles. The average molecular weight is 643 g/mol. The second-order valence-electron chi connectivity index (χ2n) is 7.37. The van der Waals surface area contributed by atoms with Gasteiger partial charge in [0.2, 0.25) is 5.91 Å². The number of hydrogen-bond acceptors (Lipinski definition) is 6. The molecule has 172 valence electrons. The summed E-state index contributed by atoms with van der Waals surface area (Å²) in [6.45, 7) is 2.05. The number of halogens is 2. The van der Waals surface area contributed by atoms with Gasteiger partial charge < -0.3 is 14.4 Å². The van der Waals surface area contributed by atoms with E-state index in [0.29, 0.717) is 38.7 Å². The molecule has 0 unspecified atom stereocenters. The van der Waals surface area contributed by atoms with Crippen LogP contribution in [0.5, 0.6) is 5.75 Å². The van der Waals surface area contributed by atoms with Crippen LogP contribution in [0.1, 0.15) is 11.1 Å². The van der Waals surface area contributed by atoms with E-state index < -0.39 is 11.1 Å². The van der Waals surface area contributed by atoms with E-state index >= 15 is 0 Å². The standard InChI is InChI=1S/C23H20BrIN2O5S/c24-18-11-16(3-6-19(18)32-14-15-1-4-17(25)5-2-15)12-20-22(29)27(23(30)33-20)13-21(28)26-7-9-31-10-8-26/h1-6,11-12H,7-10,13-14H2/b20-12+. The number of carbonyl (C=O) groups is 3. The molecule has 2 aliphatic rings. The van der Waals surface area contributed by atoms with E-state index in [1.165, 1.54) is 0 Å². The van der Waals surface area contributed by atoms with Gasteiger partial charge in [0.05, 0.1) is 22.6 Å². The fourth-order valence-electron chi connectivity index (χ4n) is 3.30. The summed E-state index contributed by atoms with van der Waals surface area (Å²) in [5, 5.41) is -0.440. The van der Waals surface area contributed by atoms with Gasteiger partial charge in [-0.15, -0.1) is 0 Å². The molecule has 0 bridgehead atoms. The van der Waals surface area contributed by atoms with Crippen molar-refractivity contribution in [3.8, 4) is 5.75 Å². The van der Waals surface area contributed by atoms with Gasteiger partial charge in [0.1, 0.15) is 18.9 Å². The Kier molecular flexibility index (Phi) is 8.10. The van der Waals surface area contributed by atoms with Gasteiger partial charge in [0, 0.05) is 16.7 Å². The van der Waals surface area contributed by atoms with Crippen molar-refractivity contribution in [3.63, 3.8) is 0 Å². The topological polar surface area (TPSA) is 76.2 Å². The Hall–Kier alpha value is -1.89. The molecule has 2 saturated heterocycles. The van der Waals surface area contributed by atoms with E-state index in [1.807, 2.05) is 42.5 Å². The van der Waals surface area contributed by atoms with Crippen LogP contribution < -0.4 is 4.74 Å². The normalized spacial score (nSPS) is 17.7. The van der Waals surface area contributed by atoms with Crippen LogP contribution in [0.15, 0.2) is 51.8 Å². The number of thioether (sulfide) groups is 1. The maximum absolute atomic E-state index is 12.8. The van der Waals surface area contributed by atoms with Crippen molar-refractivity contribution in [2.75, 3.05) is 32.8 Å². The molecule has 3 amide bonds. The number of ether oxygens (including phenoxy) is 2. The lowest BCUT2D eigenvalue weighted by atomic mass is 10.2. The van der Waals surface area contributed by atoms with Crippen LogP contribution in [0.2, 0.25) is 0 Å². The van der Waals surface area contributed by atoms with Crippen LogP contribution >= 0.6 is 50.3 Å². The monoisotopic (exact) mass is 642 g/mol. The van der Waals surface area contributed by atoms with E-state index in [0.717, 1.165) is 35.8 Å². The summed E-state index contributed by atoms with van der Waals surface area (Å²) in [4.78, 5) is 40.5. The molecule has 10 heteroatoms. The Balaban J connectivity index is 1.40. The predicted molar refractivity (Wildman–Crippen MR) is 138 cm³/mol. The molecule has 0 saturated carbocycles. The first-order chi connectivity index (χ1) is 15.9. The zero-order valence-electron chi connectivity index (χ0n) is 17.5. The van der Waals surface area contributed by atoms with Crippen LogP contribution in [0.25, 0.3) is 6.08 Å². The Labute approximate surface area is 217 Å². The molecular formula is C23H20BrIN2O5S. The smallest absolute Gasteiger partial charge is 0.294 e. The summed E-state index contributed by atoms with van der Waals surface area (Å²) in [6, 6.07) is 13.6. The lowest BCUT2D eigenvalue weighted by molar-refractivity contribution is -0.139. The van der Waals surface area contributed by atoms with Gasteiger partial charge in [-0.1, -0.05) is 18.2 Å². The van der Waals surface area contributed by atoms with Gasteiger partial charge in [-0.05, 0) is 91.8 Å². The maximum atomic E-state index is 12.8. The van der Waals surface area contributed by atoms with Crippen LogP contribution in [-0.4, -0.2) is 59.7 Å². The summed E-state index contributed by atoms with van der Waals surface area (Å²) < 4.78 is 13.0. The number of hydrogen-bond donors (Lipinski definition) is 0. The van der Waals surface area contributed by atoms with Crippen LogP contribution in [-0.2, 0) is 20.9 Å². The third-order valence-electron chi connectivity index (χ3n) is 5.09. The Morgan fingerprint density at radius 1 is 1.15 bits per heavy atom. The summed E-state index contributed by atoms with van der Waals surface area (Å²) in [6.07, 6.45) is 1.65. The second kappa shape index (κ2) is 11.0. The molecule has 0 atom stereocenters. The third-order valence-corrected chi connectivity index (χ3v) is 7.34. The fourth-order valence-corrected chi connectivity index (χ4v) is 5.01. The quantitative estimate of drug-likeness (QED) is 0.341. The van der Waals surface area contributed by atoms with Gasteiger partial charge in [-0.3, -0.25) is 19.3 Å². The van der Waals surface area contributed by atoms with Gasteiger partial charge in [-0.2, -0.15) is 0 Å².